The van der Waals surface area contributed by atoms with Gasteiger partial charge in [0.1, 0.15) is 6.61 Å². The lowest BCUT2D eigenvalue weighted by molar-refractivity contribution is -0.117. The van der Waals surface area contributed by atoms with Gasteiger partial charge in [0.2, 0.25) is 0 Å². The van der Waals surface area contributed by atoms with Crippen molar-refractivity contribution in [2.75, 3.05) is 14.2 Å². The zero-order valence-electron chi connectivity index (χ0n) is 21.7. The Labute approximate surface area is 227 Å². The minimum absolute atomic E-state index is 0.111. The van der Waals surface area contributed by atoms with E-state index < -0.39 is 5.92 Å². The van der Waals surface area contributed by atoms with Gasteiger partial charge in [0.25, 0.3) is 0 Å². The van der Waals surface area contributed by atoms with Crippen molar-refractivity contribution in [1.82, 2.24) is 4.90 Å². The molecule has 0 atom stereocenters. The predicted octanol–water partition coefficient (Wildman–Crippen LogP) is 7.12. The molecule has 194 valence electrons. The summed E-state index contributed by atoms with van der Waals surface area (Å²) in [6.07, 6.45) is 4.31. The van der Waals surface area contributed by atoms with Crippen LogP contribution in [0.25, 0.3) is 10.8 Å². The maximum atomic E-state index is 13.3. The summed E-state index contributed by atoms with van der Waals surface area (Å²) in [6.45, 7) is 0.326. The lowest BCUT2D eigenvalue weighted by Gasteiger charge is -2.42. The number of Topliss-reactive ketones (excluding diaryl/α,β-unsaturated/α-hetero) is 2. The molecular formula is C32H30ClNO4. The van der Waals surface area contributed by atoms with Crippen LogP contribution < -0.4 is 9.47 Å². The molecule has 0 spiro atoms. The molecule has 0 unspecified atom stereocenters. The third-order valence-electron chi connectivity index (χ3n) is 8.08. The first-order valence-corrected chi connectivity index (χ1v) is 13.6. The zero-order valence-corrected chi connectivity index (χ0v) is 22.4. The van der Waals surface area contributed by atoms with Crippen LogP contribution in [0, 0.1) is 0 Å². The van der Waals surface area contributed by atoms with Crippen molar-refractivity contribution in [2.45, 2.75) is 51.0 Å². The van der Waals surface area contributed by atoms with Crippen LogP contribution in [-0.2, 0) is 16.2 Å². The van der Waals surface area contributed by atoms with E-state index in [1.165, 1.54) is 0 Å². The van der Waals surface area contributed by atoms with Crippen molar-refractivity contribution in [2.24, 2.45) is 0 Å². The third kappa shape index (κ3) is 4.10. The number of allylic oxidation sites excluding steroid dienone is 4. The molecule has 0 bridgehead atoms. The van der Waals surface area contributed by atoms with Crippen LogP contribution in [0.1, 0.15) is 55.6 Å². The number of nitrogens with zero attached hydrogens (tertiary/aromatic N) is 1. The number of ether oxygens (including phenoxy) is 2. The predicted molar refractivity (Wildman–Crippen MR) is 149 cm³/mol. The van der Waals surface area contributed by atoms with Gasteiger partial charge >= 0.3 is 0 Å². The van der Waals surface area contributed by atoms with Crippen molar-refractivity contribution in [3.8, 4) is 11.5 Å². The van der Waals surface area contributed by atoms with Crippen LogP contribution in [0.3, 0.4) is 0 Å². The Morgan fingerprint density at radius 1 is 0.895 bits per heavy atom. The van der Waals surface area contributed by atoms with Crippen molar-refractivity contribution >= 4 is 33.9 Å². The topological polar surface area (TPSA) is 55.8 Å². The maximum Gasteiger partial charge on any atom is 0.180 e. The van der Waals surface area contributed by atoms with E-state index in [9.17, 15) is 9.59 Å². The molecule has 3 aliphatic rings. The second-order valence-electron chi connectivity index (χ2n) is 10.2. The van der Waals surface area contributed by atoms with E-state index in [0.29, 0.717) is 36.0 Å². The van der Waals surface area contributed by atoms with Gasteiger partial charge in [-0.05, 0) is 59.7 Å². The van der Waals surface area contributed by atoms with E-state index in [1.54, 1.807) is 7.11 Å². The molecule has 2 aliphatic carbocycles. The van der Waals surface area contributed by atoms with Gasteiger partial charge in [-0.1, -0.05) is 54.1 Å². The Morgan fingerprint density at radius 3 is 2.24 bits per heavy atom. The third-order valence-corrected chi connectivity index (χ3v) is 8.36. The molecule has 0 radical (unpaired) electrons. The fourth-order valence-electron chi connectivity index (χ4n) is 6.30. The number of fused-ring (bicyclic) bond motifs is 1. The number of carbonyl (C=O) groups is 2. The average Bonchev–Trinajstić information content (AvgIpc) is 2.93. The molecule has 38 heavy (non-hydrogen) atoms. The Morgan fingerprint density at radius 2 is 1.55 bits per heavy atom. The highest BCUT2D eigenvalue weighted by Gasteiger charge is 2.42. The molecule has 0 aromatic heterocycles. The number of hydrogen-bond acceptors (Lipinski definition) is 5. The molecule has 6 heteroatoms. The highest BCUT2D eigenvalue weighted by Crippen LogP contribution is 2.50. The Bertz CT molecular complexity index is 1490. The largest absolute Gasteiger partial charge is 0.493 e. The molecule has 3 aromatic carbocycles. The number of rotatable bonds is 5. The number of methoxy groups -OCH3 is 1. The minimum atomic E-state index is -0.435. The molecule has 0 N–H and O–H groups in total. The van der Waals surface area contributed by atoms with Gasteiger partial charge in [-0.3, -0.25) is 9.59 Å². The highest BCUT2D eigenvalue weighted by atomic mass is 35.5. The first-order valence-electron chi connectivity index (χ1n) is 13.2. The second-order valence-corrected chi connectivity index (χ2v) is 10.6. The smallest absolute Gasteiger partial charge is 0.180 e. The number of hydrogen-bond donors (Lipinski definition) is 0. The lowest BCUT2D eigenvalue weighted by Crippen LogP contribution is -2.37. The highest BCUT2D eigenvalue weighted by molar-refractivity contribution is 6.32. The van der Waals surface area contributed by atoms with E-state index in [-0.39, 0.29) is 11.6 Å². The number of carbonyl (C=O) groups excluding carboxylic acids is 2. The zero-order chi connectivity index (χ0) is 26.4. The SMILES string of the molecule is COc1cc(C2C3=C(CCCC3=O)N(C)C3=C2C(=O)CCC3)cc(Cl)c1OCc1cccc2ccccc12. The van der Waals surface area contributed by atoms with Gasteiger partial charge in [-0.15, -0.1) is 0 Å². The van der Waals surface area contributed by atoms with Crippen LogP contribution in [0.15, 0.2) is 77.1 Å². The quantitative estimate of drug-likeness (QED) is 0.353. The average molecular weight is 528 g/mol. The summed E-state index contributed by atoms with van der Waals surface area (Å²) >= 11 is 6.85. The fourth-order valence-corrected chi connectivity index (χ4v) is 6.57. The van der Waals surface area contributed by atoms with E-state index in [4.69, 9.17) is 21.1 Å². The first kappa shape index (κ1) is 24.7. The van der Waals surface area contributed by atoms with E-state index in [2.05, 4.69) is 23.1 Å². The molecule has 0 saturated heterocycles. The summed E-state index contributed by atoms with van der Waals surface area (Å²) in [5.74, 6) is 0.726. The monoisotopic (exact) mass is 527 g/mol. The van der Waals surface area contributed by atoms with Crippen LogP contribution in [-0.4, -0.2) is 30.6 Å². The first-order chi connectivity index (χ1) is 18.5. The number of benzene rings is 3. The molecule has 3 aromatic rings. The summed E-state index contributed by atoms with van der Waals surface area (Å²) in [6, 6.07) is 18.1. The summed E-state index contributed by atoms with van der Waals surface area (Å²) in [7, 11) is 3.58. The van der Waals surface area contributed by atoms with Gasteiger partial charge in [-0.2, -0.15) is 0 Å². The van der Waals surface area contributed by atoms with E-state index >= 15 is 0 Å². The molecular weight excluding hydrogens is 498 g/mol. The van der Waals surface area contributed by atoms with Crippen LogP contribution in [0.2, 0.25) is 5.02 Å². The normalized spacial score (nSPS) is 18.1. The van der Waals surface area contributed by atoms with Crippen molar-refractivity contribution in [3.05, 3.63) is 93.3 Å². The molecule has 0 fully saturated rings. The Balaban J connectivity index is 1.41. The summed E-state index contributed by atoms with van der Waals surface area (Å²) in [4.78, 5) is 28.7. The number of halogens is 1. The summed E-state index contributed by atoms with van der Waals surface area (Å²) < 4.78 is 12.0. The van der Waals surface area contributed by atoms with Crippen molar-refractivity contribution in [1.29, 1.82) is 0 Å². The fraction of sp³-hybridized carbons (Fsp3) is 0.312. The number of ketones is 2. The summed E-state index contributed by atoms with van der Waals surface area (Å²) in [5, 5.41) is 2.67. The van der Waals surface area contributed by atoms with Gasteiger partial charge in [0.15, 0.2) is 23.1 Å². The van der Waals surface area contributed by atoms with Crippen LogP contribution in [0.5, 0.6) is 11.5 Å². The standard InChI is InChI=1S/C32H30ClNO4/c1-34-24-12-6-14-26(35)30(24)29(31-25(34)13-7-15-27(31)36)21-16-23(33)32(28(17-21)37-2)38-18-20-10-5-9-19-8-3-4-11-22(19)20/h3-5,8-11,16-17,29H,6-7,12-15,18H2,1-2H3. The van der Waals surface area contributed by atoms with Gasteiger partial charge in [0, 0.05) is 48.3 Å². The molecule has 0 amide bonds. The summed E-state index contributed by atoms with van der Waals surface area (Å²) in [5.41, 5.74) is 5.37. The Kier molecular flexibility index (Phi) is 6.48. The van der Waals surface area contributed by atoms with Gasteiger partial charge in [-0.25, -0.2) is 0 Å². The minimum Gasteiger partial charge on any atom is -0.493 e. The molecule has 5 nitrogen and oxygen atoms in total. The van der Waals surface area contributed by atoms with Gasteiger partial charge < -0.3 is 14.4 Å². The molecule has 1 heterocycles. The van der Waals surface area contributed by atoms with Crippen LogP contribution >= 0.6 is 11.6 Å². The molecule has 6 rings (SSSR count). The second kappa shape index (κ2) is 9.95. The molecule has 0 saturated carbocycles. The van der Waals surface area contributed by atoms with E-state index in [0.717, 1.165) is 70.1 Å². The lowest BCUT2D eigenvalue weighted by atomic mass is 9.71. The van der Waals surface area contributed by atoms with Crippen molar-refractivity contribution < 1.29 is 19.1 Å². The van der Waals surface area contributed by atoms with E-state index in [1.807, 2.05) is 43.4 Å². The maximum absolute atomic E-state index is 13.3. The van der Waals surface area contributed by atoms with Crippen LogP contribution in [0.4, 0.5) is 0 Å². The Hall–Kier alpha value is -3.57. The van der Waals surface area contributed by atoms with Crippen molar-refractivity contribution in [3.63, 3.8) is 0 Å². The van der Waals surface area contributed by atoms with Gasteiger partial charge in [0.05, 0.1) is 12.1 Å². The molecule has 1 aliphatic heterocycles.